The zero-order valence-corrected chi connectivity index (χ0v) is 53.1. The molecule has 4 aliphatic rings. The van der Waals surface area contributed by atoms with Crippen molar-refractivity contribution < 1.29 is 38.1 Å². The molecule has 90 heavy (non-hydrogen) atoms. The first-order chi connectivity index (χ1) is 43.3. The van der Waals surface area contributed by atoms with Gasteiger partial charge in [-0.05, 0) is 220 Å². The maximum atomic E-state index is 12.7. The second-order valence-electron chi connectivity index (χ2n) is 23.3. The molecule has 458 valence electrons. The predicted octanol–water partition coefficient (Wildman–Crippen LogP) is 15.6. The molecule has 0 amide bonds. The molecule has 16 nitrogen and oxygen atoms in total. The molecule has 4 N–H and O–H groups in total. The van der Waals surface area contributed by atoms with E-state index in [-0.39, 0.29) is 49.6 Å². The first-order valence-electron chi connectivity index (χ1n) is 30.3. The molecule has 0 fully saturated rings. The molecule has 6 aromatic heterocycles. The van der Waals surface area contributed by atoms with Gasteiger partial charge in [0.1, 0.15) is 0 Å². The minimum absolute atomic E-state index is 0.173. The Labute approximate surface area is 522 Å². The average Bonchev–Trinajstić information content (AvgIpc) is 1.78. The fraction of sp³-hybridized carbons (Fsp3) is 0.270. The smallest absolute Gasteiger partial charge is 0.305 e. The lowest BCUT2D eigenvalue weighted by atomic mass is 10.00. The van der Waals surface area contributed by atoms with Crippen molar-refractivity contribution in [2.75, 3.05) is 28.4 Å². The SMILES string of the molecule is COC(=O)CCC1=C(C)c2cc3[nH]c(cc4nc(cc5[nH]c(cc1n2)c(CCC(=O)OC)c5C)C(C)=C4)c(C)c3/C=C/c1ccccc1/C=C/c1c(C)c2cc3nc(cc4[nH]c(cc5nc(cc1[nH]2)C(C)=C5CCC(=O)OC)c(CCC(=O)OC)c4C)C(C)=C3. The number of hydrogen-bond donors (Lipinski definition) is 4. The van der Waals surface area contributed by atoms with Crippen LogP contribution in [0.5, 0.6) is 0 Å². The number of methoxy groups -OCH3 is 4. The molecule has 0 aliphatic carbocycles. The van der Waals surface area contributed by atoms with Crippen LogP contribution in [-0.4, -0.2) is 92.2 Å². The van der Waals surface area contributed by atoms with Gasteiger partial charge in [-0.3, -0.25) is 19.2 Å². The van der Waals surface area contributed by atoms with Crippen LogP contribution in [0.2, 0.25) is 0 Å². The number of hydrogen-bond acceptors (Lipinski definition) is 12. The number of carbonyl (C=O) groups excluding carboxylic acids is 4. The molecule has 0 radical (unpaired) electrons. The number of benzene rings is 1. The van der Waals surface area contributed by atoms with Crippen LogP contribution in [0.25, 0.3) is 114 Å². The summed E-state index contributed by atoms with van der Waals surface area (Å²) in [4.78, 5) is 86.1. The van der Waals surface area contributed by atoms with Crippen molar-refractivity contribution in [1.82, 2.24) is 39.9 Å². The molecule has 7 aromatic rings. The third-order valence-electron chi connectivity index (χ3n) is 17.8. The van der Waals surface area contributed by atoms with E-state index in [1.807, 2.05) is 52.0 Å². The first-order valence-corrected chi connectivity index (χ1v) is 30.3. The maximum Gasteiger partial charge on any atom is 0.305 e. The van der Waals surface area contributed by atoms with Crippen molar-refractivity contribution in [3.8, 4) is 0 Å². The van der Waals surface area contributed by atoms with Crippen molar-refractivity contribution in [2.24, 2.45) is 0 Å². The number of nitrogens with one attached hydrogen (secondary N) is 4. The van der Waals surface area contributed by atoms with Crippen LogP contribution in [0.15, 0.2) is 72.8 Å². The third-order valence-corrected chi connectivity index (χ3v) is 17.8. The number of aromatic nitrogens is 8. The number of esters is 4. The van der Waals surface area contributed by atoms with E-state index in [4.69, 9.17) is 38.9 Å². The third kappa shape index (κ3) is 12.6. The highest BCUT2D eigenvalue weighted by atomic mass is 16.5. The van der Waals surface area contributed by atoms with Gasteiger partial charge >= 0.3 is 23.9 Å². The van der Waals surface area contributed by atoms with E-state index in [1.54, 1.807) is 0 Å². The Morgan fingerprint density at radius 2 is 0.711 bits per heavy atom. The van der Waals surface area contributed by atoms with E-state index in [1.165, 1.54) is 28.4 Å². The highest BCUT2D eigenvalue weighted by molar-refractivity contribution is 5.98. The summed E-state index contributed by atoms with van der Waals surface area (Å²) in [7, 11) is 5.60. The summed E-state index contributed by atoms with van der Waals surface area (Å²) in [6.45, 7) is 16.5. The molecule has 1 aromatic carbocycles. The zero-order valence-electron chi connectivity index (χ0n) is 53.1. The van der Waals surface area contributed by atoms with Crippen molar-refractivity contribution >= 4 is 138 Å². The Morgan fingerprint density at radius 1 is 0.378 bits per heavy atom. The molecule has 11 rings (SSSR count). The Kier molecular flexibility index (Phi) is 17.6. The van der Waals surface area contributed by atoms with Gasteiger partial charge in [0.05, 0.1) is 74.0 Å². The Hall–Kier alpha value is -10.2. The van der Waals surface area contributed by atoms with Crippen LogP contribution in [0.1, 0.15) is 167 Å². The van der Waals surface area contributed by atoms with Gasteiger partial charge in [-0.2, -0.15) is 0 Å². The summed E-state index contributed by atoms with van der Waals surface area (Å²) in [5.41, 5.74) is 28.7. The van der Waals surface area contributed by atoms with Gasteiger partial charge in [0.2, 0.25) is 0 Å². The van der Waals surface area contributed by atoms with Gasteiger partial charge in [0.25, 0.3) is 0 Å². The minimum Gasteiger partial charge on any atom is -0.469 e. The molecule has 16 heteroatoms. The number of fused-ring (bicyclic) bond motifs is 16. The van der Waals surface area contributed by atoms with Gasteiger partial charge in [-0.1, -0.05) is 48.6 Å². The number of H-pyrrole nitrogens is 4. The van der Waals surface area contributed by atoms with Gasteiger partial charge in [-0.25, -0.2) is 19.9 Å². The quantitative estimate of drug-likeness (QED) is 0.0524. The second kappa shape index (κ2) is 25.9. The number of aromatic amines is 4. The molecule has 4 aliphatic heterocycles. The molecule has 0 spiro atoms. The molecular formula is C74H74N8O8. The molecule has 0 atom stereocenters. The summed E-state index contributed by atoms with van der Waals surface area (Å²) in [5, 5.41) is 0. The number of ether oxygens (including phenoxy) is 4. The van der Waals surface area contributed by atoms with Crippen molar-refractivity contribution in [3.63, 3.8) is 0 Å². The number of aryl methyl sites for hydroxylation is 6. The zero-order chi connectivity index (χ0) is 63.7. The topological polar surface area (TPSA) is 220 Å². The van der Waals surface area contributed by atoms with Gasteiger partial charge < -0.3 is 38.9 Å². The average molecular weight is 1200 g/mol. The van der Waals surface area contributed by atoms with E-state index >= 15 is 0 Å². The largest absolute Gasteiger partial charge is 0.469 e. The lowest BCUT2D eigenvalue weighted by Gasteiger charge is -2.04. The van der Waals surface area contributed by atoms with Crippen LogP contribution in [0.3, 0.4) is 0 Å². The molecule has 0 unspecified atom stereocenters. The molecule has 0 saturated heterocycles. The Bertz CT molecular complexity index is 4430. The van der Waals surface area contributed by atoms with Gasteiger partial charge in [0.15, 0.2) is 0 Å². The van der Waals surface area contributed by atoms with Crippen molar-refractivity contribution in [3.05, 3.63) is 174 Å². The predicted molar refractivity (Wildman–Crippen MR) is 360 cm³/mol. The first kappa shape index (κ1) is 61.4. The van der Waals surface area contributed by atoms with Crippen molar-refractivity contribution in [2.45, 2.75) is 107 Å². The van der Waals surface area contributed by atoms with Crippen LogP contribution >= 0.6 is 0 Å². The van der Waals surface area contributed by atoms with Crippen LogP contribution in [-0.2, 0) is 51.0 Å². The molecular weight excluding hydrogens is 1130 g/mol. The monoisotopic (exact) mass is 1200 g/mol. The van der Waals surface area contributed by atoms with Crippen LogP contribution < -0.4 is 0 Å². The Morgan fingerprint density at radius 3 is 1.09 bits per heavy atom. The lowest BCUT2D eigenvalue weighted by Crippen LogP contribution is -2.02. The highest BCUT2D eigenvalue weighted by Gasteiger charge is 2.24. The normalized spacial score (nSPS) is 13.2. The number of allylic oxidation sites excluding steroid dienone is 6. The van der Waals surface area contributed by atoms with E-state index in [2.05, 4.69) is 133 Å². The number of carbonyl (C=O) groups is 4. The van der Waals surface area contributed by atoms with Crippen LogP contribution in [0, 0.1) is 27.7 Å². The summed E-state index contributed by atoms with van der Waals surface area (Å²) in [6.07, 6.45) is 15.2. The summed E-state index contributed by atoms with van der Waals surface area (Å²) in [5.74, 6) is -1.23. The number of rotatable bonds is 16. The van der Waals surface area contributed by atoms with Gasteiger partial charge in [0, 0.05) is 80.9 Å². The number of nitrogens with zero attached hydrogens (tertiary/aromatic N) is 4. The molecule has 16 bridgehead atoms. The summed E-state index contributed by atoms with van der Waals surface area (Å²) < 4.78 is 20.3. The van der Waals surface area contributed by atoms with Gasteiger partial charge in [-0.15, -0.1) is 0 Å². The Balaban J connectivity index is 1.06. The summed E-state index contributed by atoms with van der Waals surface area (Å²) >= 11 is 0. The maximum absolute atomic E-state index is 12.7. The summed E-state index contributed by atoms with van der Waals surface area (Å²) in [6, 6.07) is 24.8. The standard InChI is InChI=1S/C74H74N8O8/c1-39-29-49-31-59-41(3)51(65(77-59)35-63-45(7)55(23-27-73(85)89-11)69(81-63)37-67-53(21-25-71(83)87-9)43(5)61(79-67)33-57(39)75-49)19-17-47-15-13-14-16-48(47)18-20-52-42(4)60-32-50-30-40(2)58(76-50)34-62-44(6)54(22-26-72(84)88-10)68(80-62)38-70-56(24-28-74(86)90-12)46(8)64(82-70)36-66(52)78-60/h13-20,29-38,77-80H,21-28H2,1-12H3/b19-17+,20-18+,49-31?,50-32?,57-33?,58-34?,59-31?,60-32?,61-33?,62-34?,63-35?,64-36?,65-35?,66-36?,67-37?,68-38?,69-37?,70-38?. The second-order valence-corrected chi connectivity index (χ2v) is 23.3. The molecule has 10 heterocycles. The van der Waals surface area contributed by atoms with Crippen LogP contribution in [0.4, 0.5) is 0 Å². The van der Waals surface area contributed by atoms with E-state index in [0.717, 1.165) is 167 Å². The van der Waals surface area contributed by atoms with Crippen molar-refractivity contribution in [1.29, 1.82) is 0 Å². The fourth-order valence-electron chi connectivity index (χ4n) is 12.3. The van der Waals surface area contributed by atoms with E-state index in [0.29, 0.717) is 37.1 Å². The fourth-order valence-corrected chi connectivity index (χ4v) is 12.3. The van der Waals surface area contributed by atoms with E-state index in [9.17, 15) is 19.2 Å². The molecule has 0 saturated carbocycles. The lowest BCUT2D eigenvalue weighted by molar-refractivity contribution is -0.141. The van der Waals surface area contributed by atoms with E-state index < -0.39 is 0 Å². The highest BCUT2D eigenvalue weighted by Crippen LogP contribution is 2.39. The minimum atomic E-state index is -0.315.